The van der Waals surface area contributed by atoms with E-state index in [0.717, 1.165) is 36.4 Å². The summed E-state index contributed by atoms with van der Waals surface area (Å²) in [4.78, 5) is 25.0. The lowest BCUT2D eigenvalue weighted by Crippen LogP contribution is -2.52. The minimum atomic E-state index is -0.0854. The molecule has 25 heavy (non-hydrogen) atoms. The van der Waals surface area contributed by atoms with Crippen LogP contribution in [0.4, 0.5) is 5.82 Å². The number of likely N-dealkylation sites (N-methyl/N-ethyl adjacent to an activating group) is 1. The van der Waals surface area contributed by atoms with E-state index in [-0.39, 0.29) is 18.4 Å². The molecule has 0 N–H and O–H groups in total. The van der Waals surface area contributed by atoms with Gasteiger partial charge in [-0.1, -0.05) is 6.92 Å². The first-order valence-corrected chi connectivity index (χ1v) is 8.74. The van der Waals surface area contributed by atoms with Crippen molar-refractivity contribution in [2.45, 2.75) is 39.3 Å². The number of rotatable bonds is 4. The second-order valence-corrected chi connectivity index (χ2v) is 6.66. The summed E-state index contributed by atoms with van der Waals surface area (Å²) in [5.41, 5.74) is 0.931. The molecule has 3 rings (SSSR count). The zero-order valence-electron chi connectivity index (χ0n) is 15.0. The van der Waals surface area contributed by atoms with Crippen molar-refractivity contribution in [3.8, 4) is 6.07 Å². The number of nitrogens with zero attached hydrogens (tertiary/aromatic N) is 6. The van der Waals surface area contributed by atoms with Crippen LogP contribution in [0, 0.1) is 17.2 Å². The Morgan fingerprint density at radius 2 is 2.28 bits per heavy atom. The molecular weight excluding hydrogens is 316 g/mol. The first-order valence-electron chi connectivity index (χ1n) is 8.74. The van der Waals surface area contributed by atoms with E-state index in [9.17, 15) is 4.79 Å². The Morgan fingerprint density at radius 1 is 1.48 bits per heavy atom. The average Bonchev–Trinajstić information content (AvgIpc) is 3.05. The van der Waals surface area contributed by atoms with Gasteiger partial charge in [0.15, 0.2) is 0 Å². The number of hydrogen-bond acceptors (Lipinski definition) is 5. The third kappa shape index (κ3) is 3.16. The molecule has 0 saturated carbocycles. The van der Waals surface area contributed by atoms with Crippen molar-refractivity contribution in [1.82, 2.24) is 19.4 Å². The maximum atomic E-state index is 12.1. The molecule has 2 aromatic heterocycles. The maximum absolute atomic E-state index is 12.1. The molecule has 1 amide bonds. The average molecular weight is 340 g/mol. The number of amides is 1. The molecule has 132 valence electrons. The Hall–Kier alpha value is -2.62. The van der Waals surface area contributed by atoms with Crippen molar-refractivity contribution in [3.63, 3.8) is 0 Å². The third-order valence-electron chi connectivity index (χ3n) is 5.21. The lowest BCUT2D eigenvalue weighted by atomic mass is 9.92. The Balaban J connectivity index is 1.89. The number of aromatic nitrogens is 3. The monoisotopic (exact) mass is 340 g/mol. The van der Waals surface area contributed by atoms with Crippen LogP contribution in [0.15, 0.2) is 18.6 Å². The molecule has 7 heteroatoms. The zero-order valence-corrected chi connectivity index (χ0v) is 15.0. The number of nitriles is 1. The van der Waals surface area contributed by atoms with Crippen LogP contribution >= 0.6 is 0 Å². The van der Waals surface area contributed by atoms with Gasteiger partial charge in [-0.2, -0.15) is 5.26 Å². The van der Waals surface area contributed by atoms with E-state index in [0.29, 0.717) is 12.5 Å². The lowest BCUT2D eigenvalue weighted by molar-refractivity contribution is -0.131. The standard InChI is InChI=1S/C18H24N6O/c1-4-23-10-7-14-17(20-12-21-18(14)23)22(3)15-11-24(9-6-13(15)2)16(25)5-8-19/h7,10,12-13,15H,4-6,9,11H2,1-3H3/t13-,15+/m1/s1. The van der Waals surface area contributed by atoms with Crippen LogP contribution in [0.25, 0.3) is 11.0 Å². The van der Waals surface area contributed by atoms with Crippen LogP contribution < -0.4 is 4.90 Å². The molecule has 0 unspecified atom stereocenters. The Morgan fingerprint density at radius 3 is 3.00 bits per heavy atom. The normalized spacial score (nSPS) is 20.5. The van der Waals surface area contributed by atoms with Crippen molar-refractivity contribution in [1.29, 1.82) is 5.26 Å². The quantitative estimate of drug-likeness (QED) is 0.851. The maximum Gasteiger partial charge on any atom is 0.236 e. The van der Waals surface area contributed by atoms with Gasteiger partial charge in [0.25, 0.3) is 0 Å². The van der Waals surface area contributed by atoms with Gasteiger partial charge in [-0.05, 0) is 25.3 Å². The number of carbonyl (C=O) groups is 1. The number of hydrogen-bond donors (Lipinski definition) is 0. The van der Waals surface area contributed by atoms with Gasteiger partial charge in [-0.15, -0.1) is 0 Å². The summed E-state index contributed by atoms with van der Waals surface area (Å²) < 4.78 is 2.10. The minimum absolute atomic E-state index is 0.0537. The fraction of sp³-hybridized carbons (Fsp3) is 0.556. The number of anilines is 1. The van der Waals surface area contributed by atoms with Crippen molar-refractivity contribution < 1.29 is 4.79 Å². The zero-order chi connectivity index (χ0) is 18.0. The molecule has 0 radical (unpaired) electrons. The molecule has 2 aromatic rings. The molecule has 1 aliphatic rings. The number of fused-ring (bicyclic) bond motifs is 1. The number of aryl methyl sites for hydroxylation is 1. The number of piperidine rings is 1. The third-order valence-corrected chi connectivity index (χ3v) is 5.21. The molecular formula is C18H24N6O. The predicted octanol–water partition coefficient (Wildman–Crippen LogP) is 2.04. The van der Waals surface area contributed by atoms with E-state index in [2.05, 4.69) is 39.3 Å². The summed E-state index contributed by atoms with van der Waals surface area (Å²) in [6.07, 6.45) is 4.51. The fourth-order valence-electron chi connectivity index (χ4n) is 3.64. The van der Waals surface area contributed by atoms with Gasteiger partial charge >= 0.3 is 0 Å². The van der Waals surface area contributed by atoms with Gasteiger partial charge in [0.05, 0.1) is 17.5 Å². The molecule has 0 aliphatic carbocycles. The van der Waals surface area contributed by atoms with E-state index in [1.54, 1.807) is 11.2 Å². The minimum Gasteiger partial charge on any atom is -0.354 e. The highest BCUT2D eigenvalue weighted by atomic mass is 16.2. The van der Waals surface area contributed by atoms with Crippen LogP contribution in [0.2, 0.25) is 0 Å². The second-order valence-electron chi connectivity index (χ2n) is 6.66. The molecule has 0 spiro atoms. The molecule has 7 nitrogen and oxygen atoms in total. The fourth-order valence-corrected chi connectivity index (χ4v) is 3.64. The van der Waals surface area contributed by atoms with E-state index >= 15 is 0 Å². The van der Waals surface area contributed by atoms with Gasteiger partial charge in [0, 0.05) is 32.9 Å². The SMILES string of the molecule is CCn1ccc2c(N(C)[C@H]3CN(C(=O)CC#N)CC[C@H]3C)ncnc21. The van der Waals surface area contributed by atoms with Crippen LogP contribution in [-0.4, -0.2) is 51.5 Å². The van der Waals surface area contributed by atoms with Crippen molar-refractivity contribution in [2.24, 2.45) is 5.92 Å². The molecule has 0 bridgehead atoms. The first-order chi connectivity index (χ1) is 12.1. The van der Waals surface area contributed by atoms with E-state index in [1.165, 1.54) is 0 Å². The smallest absolute Gasteiger partial charge is 0.236 e. The highest BCUT2D eigenvalue weighted by Crippen LogP contribution is 2.29. The molecule has 1 saturated heterocycles. The first kappa shape index (κ1) is 17.2. The molecule has 0 aromatic carbocycles. The summed E-state index contributed by atoms with van der Waals surface area (Å²) in [5.74, 6) is 1.25. The van der Waals surface area contributed by atoms with Gasteiger partial charge < -0.3 is 14.4 Å². The molecule has 1 aliphatic heterocycles. The summed E-state index contributed by atoms with van der Waals surface area (Å²) in [6.45, 7) is 6.51. The van der Waals surface area contributed by atoms with Gasteiger partial charge in [0.2, 0.25) is 5.91 Å². The highest BCUT2D eigenvalue weighted by Gasteiger charge is 2.32. The van der Waals surface area contributed by atoms with Crippen molar-refractivity contribution in [3.05, 3.63) is 18.6 Å². The van der Waals surface area contributed by atoms with E-state index in [1.807, 2.05) is 19.3 Å². The van der Waals surface area contributed by atoms with Crippen molar-refractivity contribution in [2.75, 3.05) is 25.0 Å². The van der Waals surface area contributed by atoms with Crippen molar-refractivity contribution >= 4 is 22.8 Å². The number of likely N-dealkylation sites (tertiary alicyclic amines) is 1. The largest absolute Gasteiger partial charge is 0.354 e. The Bertz CT molecular complexity index is 807. The Kier molecular flexibility index (Phi) is 4.88. The lowest BCUT2D eigenvalue weighted by Gasteiger charge is -2.42. The molecule has 2 atom stereocenters. The van der Waals surface area contributed by atoms with Crippen LogP contribution in [0.3, 0.4) is 0 Å². The van der Waals surface area contributed by atoms with Crippen LogP contribution in [0.1, 0.15) is 26.7 Å². The van der Waals surface area contributed by atoms with Crippen LogP contribution in [-0.2, 0) is 11.3 Å². The van der Waals surface area contributed by atoms with Crippen LogP contribution in [0.5, 0.6) is 0 Å². The molecule has 1 fully saturated rings. The highest BCUT2D eigenvalue weighted by molar-refractivity contribution is 5.88. The summed E-state index contributed by atoms with van der Waals surface area (Å²) in [6, 6.07) is 4.18. The van der Waals surface area contributed by atoms with Gasteiger partial charge in [-0.25, -0.2) is 9.97 Å². The van der Waals surface area contributed by atoms with E-state index < -0.39 is 0 Å². The number of carbonyl (C=O) groups excluding carboxylic acids is 1. The summed E-state index contributed by atoms with van der Waals surface area (Å²) in [7, 11) is 2.03. The second kappa shape index (κ2) is 7.09. The predicted molar refractivity (Wildman–Crippen MR) is 96.0 cm³/mol. The topological polar surface area (TPSA) is 78.0 Å². The van der Waals surface area contributed by atoms with E-state index in [4.69, 9.17) is 5.26 Å². The van der Waals surface area contributed by atoms with Gasteiger partial charge in [-0.3, -0.25) is 4.79 Å². The Labute approximate surface area is 147 Å². The molecule has 3 heterocycles. The van der Waals surface area contributed by atoms with Gasteiger partial charge in [0.1, 0.15) is 24.2 Å². The summed E-state index contributed by atoms with van der Waals surface area (Å²) in [5, 5.41) is 9.82. The summed E-state index contributed by atoms with van der Waals surface area (Å²) >= 11 is 0.